The number of nitrogens with zero attached hydrogens (tertiary/aromatic N) is 2. The third kappa shape index (κ3) is 4.11. The van der Waals surface area contributed by atoms with Crippen LogP contribution in [0.3, 0.4) is 0 Å². The third-order valence-corrected chi connectivity index (χ3v) is 11.8. The molecule has 1 aromatic carbocycles. The molecule has 0 spiro atoms. The van der Waals surface area contributed by atoms with Gasteiger partial charge in [-0.15, -0.1) is 16.5 Å². The first-order chi connectivity index (χ1) is 15.1. The predicted molar refractivity (Wildman–Crippen MR) is 137 cm³/mol. The molecule has 0 fully saturated rings. The third-order valence-electron chi connectivity index (χ3n) is 6.56. The number of carbonyl (C=O) groups excluding carboxylic acids is 1. The second kappa shape index (κ2) is 8.44. The van der Waals surface area contributed by atoms with Crippen LogP contribution in [0.2, 0.25) is 18.1 Å². The molecule has 0 unspecified atom stereocenters. The largest absolute Gasteiger partial charge is 0.455 e. The average molecular weight is 466 g/mol. The summed E-state index contributed by atoms with van der Waals surface area (Å²) in [4.78, 5) is 17.8. The lowest BCUT2D eigenvalue weighted by Crippen LogP contribution is -2.39. The fourth-order valence-corrected chi connectivity index (χ4v) is 5.36. The molecule has 1 aliphatic carbocycles. The van der Waals surface area contributed by atoms with E-state index in [1.54, 1.807) is 17.5 Å². The number of oxime groups is 1. The SMILES string of the molecule is CCNc1sc2cnccc2c1C(=O)c1ccc2c(c1)CCC2=NO[Si](C)(C)C(C)(C)C. The van der Waals surface area contributed by atoms with E-state index in [4.69, 9.17) is 4.53 Å². The van der Waals surface area contributed by atoms with Crippen molar-refractivity contribution in [3.63, 3.8) is 0 Å². The summed E-state index contributed by atoms with van der Waals surface area (Å²) < 4.78 is 7.13. The molecule has 0 saturated heterocycles. The number of carbonyl (C=O) groups is 1. The first kappa shape index (κ1) is 22.7. The smallest absolute Gasteiger partial charge is 0.286 e. The Balaban J connectivity index is 1.65. The highest BCUT2D eigenvalue weighted by molar-refractivity contribution is 7.23. The van der Waals surface area contributed by atoms with Gasteiger partial charge in [-0.25, -0.2) is 0 Å². The summed E-state index contributed by atoms with van der Waals surface area (Å²) in [5, 5.41) is 9.91. The van der Waals surface area contributed by atoms with E-state index in [0.29, 0.717) is 5.56 Å². The van der Waals surface area contributed by atoms with Gasteiger partial charge >= 0.3 is 0 Å². The summed E-state index contributed by atoms with van der Waals surface area (Å²) in [6, 6.07) is 7.92. The summed E-state index contributed by atoms with van der Waals surface area (Å²) in [6.07, 6.45) is 5.29. The fraction of sp³-hybridized carbons (Fsp3) is 0.400. The van der Waals surface area contributed by atoms with Crippen molar-refractivity contribution in [2.75, 3.05) is 11.9 Å². The maximum Gasteiger partial charge on any atom is 0.286 e. The van der Waals surface area contributed by atoms with Crippen molar-refractivity contribution >= 4 is 46.2 Å². The first-order valence-corrected chi connectivity index (χ1v) is 14.9. The number of benzene rings is 1. The van der Waals surface area contributed by atoms with E-state index in [1.165, 1.54) is 5.56 Å². The molecule has 5 nitrogen and oxygen atoms in total. The quantitative estimate of drug-likeness (QED) is 0.252. The van der Waals surface area contributed by atoms with Gasteiger partial charge in [0.15, 0.2) is 5.78 Å². The second-order valence-electron chi connectivity index (χ2n) is 9.80. The van der Waals surface area contributed by atoms with E-state index >= 15 is 0 Å². The van der Waals surface area contributed by atoms with Gasteiger partial charge in [0.05, 0.1) is 16.0 Å². The molecule has 3 aromatic rings. The van der Waals surface area contributed by atoms with Crippen LogP contribution in [0.5, 0.6) is 0 Å². The summed E-state index contributed by atoms with van der Waals surface area (Å²) in [5.74, 6) is 0.0455. The molecule has 0 bridgehead atoms. The topological polar surface area (TPSA) is 63.6 Å². The number of pyridine rings is 1. The maximum atomic E-state index is 13.6. The van der Waals surface area contributed by atoms with Crippen LogP contribution in [-0.2, 0) is 10.9 Å². The Morgan fingerprint density at radius 1 is 1.25 bits per heavy atom. The van der Waals surface area contributed by atoms with Gasteiger partial charge in [0.2, 0.25) is 0 Å². The summed E-state index contributed by atoms with van der Waals surface area (Å²) in [7, 11) is -1.95. The summed E-state index contributed by atoms with van der Waals surface area (Å²) in [5.41, 5.74) is 4.71. The standard InChI is InChI=1S/C25H31N3O2SSi/c1-7-27-24-22(19-12-13-26-15-21(19)31-24)23(29)17-8-10-18-16(14-17)9-11-20(18)28-30-32(5,6)25(2,3)4/h8,10,12-15,27H,7,9,11H2,1-6H3. The molecule has 7 heteroatoms. The number of fused-ring (bicyclic) bond motifs is 2. The molecular weight excluding hydrogens is 434 g/mol. The van der Waals surface area contributed by atoms with Crippen molar-refractivity contribution in [2.45, 2.75) is 58.7 Å². The van der Waals surface area contributed by atoms with Crippen LogP contribution < -0.4 is 5.32 Å². The minimum absolute atomic E-state index is 0.0455. The molecule has 0 radical (unpaired) electrons. The molecular formula is C25H31N3O2SSi. The van der Waals surface area contributed by atoms with E-state index in [-0.39, 0.29) is 10.8 Å². The van der Waals surface area contributed by atoms with Gasteiger partial charge in [-0.05, 0) is 55.6 Å². The average Bonchev–Trinajstić information content (AvgIpc) is 3.31. The van der Waals surface area contributed by atoms with Gasteiger partial charge in [0.1, 0.15) is 5.00 Å². The number of aryl methyl sites for hydroxylation is 1. The van der Waals surface area contributed by atoms with Gasteiger partial charge in [-0.2, -0.15) is 0 Å². The molecule has 0 amide bonds. The van der Waals surface area contributed by atoms with Gasteiger partial charge in [-0.1, -0.05) is 32.9 Å². The number of thiophene rings is 1. The van der Waals surface area contributed by atoms with Gasteiger partial charge < -0.3 is 9.84 Å². The van der Waals surface area contributed by atoms with Crippen LogP contribution in [0.15, 0.2) is 41.8 Å². The normalized spacial score (nSPS) is 15.2. The van der Waals surface area contributed by atoms with Crippen LogP contribution in [0, 0.1) is 0 Å². The zero-order valence-corrected chi connectivity index (χ0v) is 21.5. The number of anilines is 1. The Labute approximate surface area is 195 Å². The lowest BCUT2D eigenvalue weighted by Gasteiger charge is -2.33. The predicted octanol–water partition coefficient (Wildman–Crippen LogP) is 6.63. The van der Waals surface area contributed by atoms with E-state index in [1.807, 2.05) is 37.4 Å². The highest BCUT2D eigenvalue weighted by Gasteiger charge is 2.40. The van der Waals surface area contributed by atoms with Crippen LogP contribution in [0.4, 0.5) is 5.00 Å². The minimum Gasteiger partial charge on any atom is -0.455 e. The molecule has 168 valence electrons. The molecule has 2 aromatic heterocycles. The van der Waals surface area contributed by atoms with Crippen molar-refractivity contribution in [3.8, 4) is 0 Å². The Morgan fingerprint density at radius 2 is 2.03 bits per heavy atom. The van der Waals surface area contributed by atoms with Crippen LogP contribution in [0.25, 0.3) is 10.1 Å². The molecule has 0 aliphatic heterocycles. The highest BCUT2D eigenvalue weighted by atomic mass is 32.1. The molecule has 1 N–H and O–H groups in total. The summed E-state index contributed by atoms with van der Waals surface area (Å²) >= 11 is 1.58. The summed E-state index contributed by atoms with van der Waals surface area (Å²) in [6.45, 7) is 13.9. The molecule has 0 atom stereocenters. The van der Waals surface area contributed by atoms with Crippen molar-refractivity contribution in [3.05, 3.63) is 58.9 Å². The Bertz CT molecular complexity index is 1210. The number of aromatic nitrogens is 1. The van der Waals surface area contributed by atoms with Crippen molar-refractivity contribution in [2.24, 2.45) is 5.16 Å². The van der Waals surface area contributed by atoms with Crippen molar-refractivity contribution < 1.29 is 9.32 Å². The van der Waals surface area contributed by atoms with Crippen molar-refractivity contribution in [1.82, 2.24) is 4.98 Å². The molecule has 1 aliphatic rings. The van der Waals surface area contributed by atoms with E-state index in [9.17, 15) is 4.79 Å². The van der Waals surface area contributed by atoms with Crippen LogP contribution >= 0.6 is 11.3 Å². The van der Waals surface area contributed by atoms with Crippen LogP contribution in [0.1, 0.15) is 61.2 Å². The van der Waals surface area contributed by atoms with Gasteiger partial charge in [-0.3, -0.25) is 9.78 Å². The van der Waals surface area contributed by atoms with Crippen LogP contribution in [-0.4, -0.2) is 31.3 Å². The highest BCUT2D eigenvalue weighted by Crippen LogP contribution is 2.38. The monoisotopic (exact) mass is 465 g/mol. The van der Waals surface area contributed by atoms with E-state index in [2.05, 4.69) is 49.3 Å². The molecule has 2 heterocycles. The maximum absolute atomic E-state index is 13.6. The number of ketones is 1. The second-order valence-corrected chi connectivity index (χ2v) is 15.6. The zero-order chi connectivity index (χ0) is 23.1. The van der Waals surface area contributed by atoms with Crippen molar-refractivity contribution in [1.29, 1.82) is 0 Å². The molecule has 32 heavy (non-hydrogen) atoms. The van der Waals surface area contributed by atoms with Gasteiger partial charge in [0, 0.05) is 35.5 Å². The first-order valence-electron chi connectivity index (χ1n) is 11.2. The van der Waals surface area contributed by atoms with E-state index in [0.717, 1.165) is 51.3 Å². The zero-order valence-electron chi connectivity index (χ0n) is 19.7. The van der Waals surface area contributed by atoms with E-state index < -0.39 is 8.32 Å². The fourth-order valence-electron chi connectivity index (χ4n) is 3.62. The minimum atomic E-state index is -1.95. The number of nitrogens with one attached hydrogen (secondary N) is 1. The Morgan fingerprint density at radius 3 is 2.75 bits per heavy atom. The Kier molecular flexibility index (Phi) is 5.98. The lowest BCUT2D eigenvalue weighted by molar-refractivity contribution is 0.104. The molecule has 0 saturated carbocycles. The lowest BCUT2D eigenvalue weighted by atomic mass is 9.98. The number of hydrogen-bond acceptors (Lipinski definition) is 6. The molecule has 4 rings (SSSR count). The number of hydrogen-bond donors (Lipinski definition) is 1. The number of rotatable bonds is 6. The Hall–Kier alpha value is -2.51. The van der Waals surface area contributed by atoms with Gasteiger partial charge in [0.25, 0.3) is 8.32 Å².